The number of rotatable bonds is 53. The zero-order valence-corrected chi connectivity index (χ0v) is 49.3. The van der Waals surface area contributed by atoms with Crippen LogP contribution < -0.4 is 0 Å². The molecule has 0 aromatic carbocycles. The topological polar surface area (TPSA) is 108 Å². The van der Waals surface area contributed by atoms with Crippen LogP contribution in [-0.4, -0.2) is 87.4 Å². The van der Waals surface area contributed by atoms with Crippen molar-refractivity contribution in [3.63, 3.8) is 0 Å². The Morgan fingerprint density at radius 3 is 1.10 bits per heavy atom. The molecule has 0 aromatic rings. The van der Waals surface area contributed by atoms with Crippen LogP contribution in [0, 0.1) is 0 Å². The molecule has 77 heavy (non-hydrogen) atoms. The van der Waals surface area contributed by atoms with E-state index in [4.69, 9.17) is 18.9 Å². The van der Waals surface area contributed by atoms with Crippen molar-refractivity contribution < 1.29 is 42.9 Å². The minimum Gasteiger partial charge on any atom is -0.477 e. The lowest BCUT2D eigenvalue weighted by atomic mass is 10.1. The SMILES string of the molecule is CC/C=C\C/C=C\C/C=C\C/C=C\C/C=C\C/C=C\C/C=C\C/C=C\C/C=C\C/C=C\CCCCCCCCC(=O)OC(COC(=O)CCCCCCC/C=C\C/C=C\CCCCC)COC(OCC[N+](C)(C)C)C(=O)O. The standard InChI is InChI=1S/C68H109NO8/c1-6-8-10-12-14-16-18-20-22-23-24-25-26-27-28-29-30-31-32-33-34-35-36-37-38-39-40-41-42-43-45-47-49-51-53-55-57-59-66(71)77-64(63-76-68(67(72)73)74-61-60-69(3,4)5)62-75-65(70)58-56-54-52-50-48-46-44-21-19-17-15-13-11-9-7-2/h8,10,14-17,20-22,24-25,27-28,30-31,33-34,36-37,39-40,42-44,64,68H,6-7,9,11-13,18-19,23,26,29,32,35,38,41,45-63H2,1-5H3/p+1/b10-8-,16-14-,17-15-,22-20-,25-24-,28-27-,31-30-,34-33-,37-36-,40-39-,43-42-,44-21-. The van der Waals surface area contributed by atoms with Gasteiger partial charge in [-0.05, 0) is 122 Å². The number of carboxylic acid groups (broad SMARTS) is 1. The summed E-state index contributed by atoms with van der Waals surface area (Å²) in [5.41, 5.74) is 0. The van der Waals surface area contributed by atoms with Gasteiger partial charge in [0.05, 0.1) is 34.4 Å². The van der Waals surface area contributed by atoms with Gasteiger partial charge in [0.2, 0.25) is 0 Å². The first kappa shape index (κ1) is 72.2. The Hall–Kier alpha value is -4.83. The van der Waals surface area contributed by atoms with Gasteiger partial charge in [-0.1, -0.05) is 217 Å². The van der Waals surface area contributed by atoms with Crippen molar-refractivity contribution in [1.82, 2.24) is 0 Å². The van der Waals surface area contributed by atoms with Gasteiger partial charge in [0.25, 0.3) is 6.29 Å². The second-order valence-electron chi connectivity index (χ2n) is 20.6. The Balaban J connectivity index is 4.26. The van der Waals surface area contributed by atoms with Gasteiger partial charge >= 0.3 is 17.9 Å². The summed E-state index contributed by atoms with van der Waals surface area (Å²) < 4.78 is 22.8. The number of unbranched alkanes of at least 4 members (excludes halogenated alkanes) is 14. The van der Waals surface area contributed by atoms with Gasteiger partial charge in [0.1, 0.15) is 13.2 Å². The number of ether oxygens (including phenoxy) is 4. The van der Waals surface area contributed by atoms with E-state index in [1.54, 1.807) is 0 Å². The van der Waals surface area contributed by atoms with Gasteiger partial charge in [-0.2, -0.15) is 0 Å². The van der Waals surface area contributed by atoms with E-state index in [0.29, 0.717) is 17.4 Å². The summed E-state index contributed by atoms with van der Waals surface area (Å²) in [6.07, 6.45) is 80.7. The van der Waals surface area contributed by atoms with E-state index < -0.39 is 24.3 Å². The molecule has 2 atom stereocenters. The predicted octanol–water partition coefficient (Wildman–Crippen LogP) is 18.0. The Kier molecular flexibility index (Phi) is 53.8. The molecule has 0 aromatic heterocycles. The second-order valence-corrected chi connectivity index (χ2v) is 20.6. The fourth-order valence-corrected chi connectivity index (χ4v) is 7.48. The van der Waals surface area contributed by atoms with Crippen LogP contribution in [0.3, 0.4) is 0 Å². The lowest BCUT2D eigenvalue weighted by Crippen LogP contribution is -2.40. The summed E-state index contributed by atoms with van der Waals surface area (Å²) in [5.74, 6) is -2.06. The molecule has 2 unspecified atom stereocenters. The molecule has 0 aliphatic heterocycles. The molecule has 9 nitrogen and oxygen atoms in total. The van der Waals surface area contributed by atoms with Crippen LogP contribution in [0.15, 0.2) is 146 Å². The smallest absolute Gasteiger partial charge is 0.361 e. The van der Waals surface area contributed by atoms with Crippen molar-refractivity contribution in [2.75, 3.05) is 47.5 Å². The first-order chi connectivity index (χ1) is 37.6. The van der Waals surface area contributed by atoms with Crippen molar-refractivity contribution in [3.8, 4) is 0 Å². The highest BCUT2D eigenvalue weighted by molar-refractivity contribution is 5.71. The summed E-state index contributed by atoms with van der Waals surface area (Å²) in [6.45, 7) is 4.67. The zero-order chi connectivity index (χ0) is 56.2. The molecule has 0 rings (SSSR count). The number of esters is 2. The average Bonchev–Trinajstić information content (AvgIpc) is 3.40. The molecule has 0 saturated carbocycles. The number of hydrogen-bond acceptors (Lipinski definition) is 7. The highest BCUT2D eigenvalue weighted by Gasteiger charge is 2.25. The fourth-order valence-electron chi connectivity index (χ4n) is 7.48. The fraction of sp³-hybridized carbons (Fsp3) is 0.603. The first-order valence-corrected chi connectivity index (χ1v) is 30.0. The van der Waals surface area contributed by atoms with Crippen LogP contribution in [0.5, 0.6) is 0 Å². The van der Waals surface area contributed by atoms with Crippen molar-refractivity contribution in [3.05, 3.63) is 146 Å². The molecule has 0 aliphatic rings. The normalized spacial score (nSPS) is 13.8. The molecule has 0 amide bonds. The number of quaternary nitrogens is 1. The quantitative estimate of drug-likeness (QED) is 0.0211. The minimum absolute atomic E-state index is 0.174. The van der Waals surface area contributed by atoms with Gasteiger partial charge in [-0.3, -0.25) is 9.59 Å². The summed E-state index contributed by atoms with van der Waals surface area (Å²) in [6, 6.07) is 0. The lowest BCUT2D eigenvalue weighted by Gasteiger charge is -2.25. The van der Waals surface area contributed by atoms with Gasteiger partial charge < -0.3 is 28.5 Å². The number of allylic oxidation sites excluding steroid dienone is 24. The Morgan fingerprint density at radius 1 is 0.403 bits per heavy atom. The molecule has 0 bridgehead atoms. The van der Waals surface area contributed by atoms with Gasteiger partial charge in [0.15, 0.2) is 6.10 Å². The molecule has 0 heterocycles. The third-order valence-electron chi connectivity index (χ3n) is 12.1. The van der Waals surface area contributed by atoms with Gasteiger partial charge in [-0.15, -0.1) is 0 Å². The molecule has 0 fully saturated rings. The first-order valence-electron chi connectivity index (χ1n) is 30.0. The third kappa shape index (κ3) is 58.7. The second kappa shape index (κ2) is 57.3. The van der Waals surface area contributed by atoms with E-state index in [-0.39, 0.29) is 38.6 Å². The van der Waals surface area contributed by atoms with E-state index in [2.05, 4.69) is 160 Å². The van der Waals surface area contributed by atoms with E-state index in [9.17, 15) is 19.5 Å². The van der Waals surface area contributed by atoms with Crippen LogP contribution >= 0.6 is 0 Å². The van der Waals surface area contributed by atoms with Crippen molar-refractivity contribution in [2.45, 2.75) is 219 Å². The Labute approximate surface area is 471 Å². The number of nitrogens with zero attached hydrogens (tertiary/aromatic N) is 1. The third-order valence-corrected chi connectivity index (χ3v) is 12.1. The van der Waals surface area contributed by atoms with Crippen molar-refractivity contribution >= 4 is 17.9 Å². The average molecular weight is 1070 g/mol. The molecular formula is C68H110NO8+. The van der Waals surface area contributed by atoms with Crippen LogP contribution in [0.4, 0.5) is 0 Å². The maximum absolute atomic E-state index is 12.9. The van der Waals surface area contributed by atoms with Crippen LogP contribution in [-0.2, 0) is 33.3 Å². The number of likely N-dealkylation sites (N-methyl/N-ethyl adjacent to an activating group) is 1. The van der Waals surface area contributed by atoms with E-state index >= 15 is 0 Å². The zero-order valence-electron chi connectivity index (χ0n) is 49.3. The maximum Gasteiger partial charge on any atom is 0.361 e. The van der Waals surface area contributed by atoms with Crippen molar-refractivity contribution in [2.24, 2.45) is 0 Å². The Bertz CT molecular complexity index is 1770. The molecular weight excluding hydrogens is 959 g/mol. The highest BCUT2D eigenvalue weighted by atomic mass is 16.7. The van der Waals surface area contributed by atoms with Crippen LogP contribution in [0.25, 0.3) is 0 Å². The number of carbonyl (C=O) groups is 3. The molecule has 0 spiro atoms. The van der Waals surface area contributed by atoms with E-state index in [1.807, 2.05) is 21.1 Å². The highest BCUT2D eigenvalue weighted by Crippen LogP contribution is 2.13. The van der Waals surface area contributed by atoms with Gasteiger partial charge in [0, 0.05) is 12.8 Å². The molecule has 0 saturated heterocycles. The van der Waals surface area contributed by atoms with E-state index in [0.717, 1.165) is 148 Å². The van der Waals surface area contributed by atoms with Crippen LogP contribution in [0.2, 0.25) is 0 Å². The maximum atomic E-state index is 12.9. The number of hydrogen-bond donors (Lipinski definition) is 1. The number of carboxylic acids is 1. The minimum atomic E-state index is -1.53. The number of carbonyl (C=O) groups excluding carboxylic acids is 2. The summed E-state index contributed by atoms with van der Waals surface area (Å²) >= 11 is 0. The van der Waals surface area contributed by atoms with E-state index in [1.165, 1.54) is 25.7 Å². The Morgan fingerprint density at radius 2 is 0.740 bits per heavy atom. The monoisotopic (exact) mass is 1070 g/mol. The molecule has 434 valence electrons. The van der Waals surface area contributed by atoms with Gasteiger partial charge in [-0.25, -0.2) is 4.79 Å². The molecule has 0 aliphatic carbocycles. The largest absolute Gasteiger partial charge is 0.477 e. The summed E-state index contributed by atoms with van der Waals surface area (Å²) in [4.78, 5) is 37.4. The van der Waals surface area contributed by atoms with Crippen molar-refractivity contribution in [1.29, 1.82) is 0 Å². The van der Waals surface area contributed by atoms with Crippen LogP contribution in [0.1, 0.15) is 206 Å². The summed E-state index contributed by atoms with van der Waals surface area (Å²) in [7, 11) is 5.94. The molecule has 1 N–H and O–H groups in total. The molecule has 9 heteroatoms. The molecule has 0 radical (unpaired) electrons. The lowest BCUT2D eigenvalue weighted by molar-refractivity contribution is -0.870. The number of aliphatic carboxylic acids is 1. The summed E-state index contributed by atoms with van der Waals surface area (Å²) in [5, 5.41) is 9.70. The predicted molar refractivity (Wildman–Crippen MR) is 327 cm³/mol.